The molecule has 39 heavy (non-hydrogen) atoms. The summed E-state index contributed by atoms with van der Waals surface area (Å²) in [6.07, 6.45) is 20.1. The van der Waals surface area contributed by atoms with E-state index in [2.05, 4.69) is 56.6 Å². The van der Waals surface area contributed by atoms with Crippen molar-refractivity contribution in [3.8, 4) is 0 Å². The number of thioether (sulfide) groups is 1. The molecule has 0 aromatic heterocycles. The molecule has 1 aromatic carbocycles. The minimum atomic E-state index is 0.0214. The molecular formula is C34H53ClN2OS. The van der Waals surface area contributed by atoms with Crippen LogP contribution in [0.2, 0.25) is 0 Å². The fourth-order valence-corrected chi connectivity index (χ4v) is 6.09. The second-order valence-electron chi connectivity index (χ2n) is 10.1. The molecule has 0 aliphatic heterocycles. The van der Waals surface area contributed by atoms with Gasteiger partial charge in [0.2, 0.25) is 0 Å². The average Bonchev–Trinajstić information content (AvgIpc) is 3.23. The van der Waals surface area contributed by atoms with Gasteiger partial charge in [-0.15, -0.1) is 11.8 Å². The van der Waals surface area contributed by atoms with Crippen molar-refractivity contribution in [2.45, 2.75) is 106 Å². The molecule has 0 radical (unpaired) electrons. The molecule has 1 unspecified atom stereocenters. The second kappa shape index (κ2) is 20.8. The van der Waals surface area contributed by atoms with Crippen LogP contribution in [0.3, 0.4) is 0 Å². The summed E-state index contributed by atoms with van der Waals surface area (Å²) in [7, 11) is 0. The molecule has 218 valence electrons. The highest BCUT2D eigenvalue weighted by Crippen LogP contribution is 2.54. The smallest absolute Gasteiger partial charge is 0.173 e. The van der Waals surface area contributed by atoms with Crippen LogP contribution in [-0.4, -0.2) is 17.8 Å². The van der Waals surface area contributed by atoms with E-state index in [-0.39, 0.29) is 5.78 Å². The molecule has 0 saturated heterocycles. The lowest BCUT2D eigenvalue weighted by Crippen LogP contribution is -2.26. The number of fused-ring (bicyclic) bond motifs is 1. The first-order chi connectivity index (χ1) is 18.6. The zero-order valence-electron chi connectivity index (χ0n) is 25.8. The highest BCUT2D eigenvalue weighted by atomic mass is 35.5. The fraction of sp³-hybridized carbons (Fsp3) is 0.529. The fourth-order valence-electron chi connectivity index (χ4n) is 5.21. The van der Waals surface area contributed by atoms with E-state index >= 15 is 0 Å². The quantitative estimate of drug-likeness (QED) is 0.154. The molecule has 0 bridgehead atoms. The maximum atomic E-state index is 10.5. The number of benzene rings is 1. The van der Waals surface area contributed by atoms with E-state index in [0.29, 0.717) is 21.9 Å². The number of nitrogens with zero attached hydrogens (tertiary/aromatic N) is 1. The lowest BCUT2D eigenvalue weighted by Gasteiger charge is -2.36. The summed E-state index contributed by atoms with van der Waals surface area (Å²) in [5, 5.41) is 0.538. The van der Waals surface area contributed by atoms with Gasteiger partial charge in [0.1, 0.15) is 0 Å². The van der Waals surface area contributed by atoms with Gasteiger partial charge < -0.3 is 5.73 Å². The summed E-state index contributed by atoms with van der Waals surface area (Å²) in [6, 6.07) is 9.21. The van der Waals surface area contributed by atoms with Crippen molar-refractivity contribution in [1.29, 1.82) is 0 Å². The molecule has 0 fully saturated rings. The van der Waals surface area contributed by atoms with Gasteiger partial charge in [-0.3, -0.25) is 9.79 Å². The van der Waals surface area contributed by atoms with Crippen LogP contribution >= 0.6 is 23.4 Å². The van der Waals surface area contributed by atoms with Crippen molar-refractivity contribution >= 4 is 34.9 Å². The minimum Gasteiger partial charge on any atom is -0.398 e. The van der Waals surface area contributed by atoms with Crippen LogP contribution in [0, 0.1) is 5.41 Å². The van der Waals surface area contributed by atoms with E-state index in [9.17, 15) is 4.79 Å². The topological polar surface area (TPSA) is 55.5 Å². The van der Waals surface area contributed by atoms with Gasteiger partial charge in [0.15, 0.2) is 5.78 Å². The highest BCUT2D eigenvalue weighted by Gasteiger charge is 2.43. The Balaban J connectivity index is 0.000000617. The number of Topliss-reactive ketones (excluding diaryl/α,β-unsaturated/α-hetero) is 1. The number of carbonyl (C=O) groups excluding carboxylic acids is 1. The Morgan fingerprint density at radius 3 is 2.28 bits per heavy atom. The maximum absolute atomic E-state index is 10.5. The van der Waals surface area contributed by atoms with E-state index in [0.717, 1.165) is 10.8 Å². The third-order valence-corrected chi connectivity index (χ3v) is 8.45. The Hall–Kier alpha value is -2.04. The van der Waals surface area contributed by atoms with Crippen LogP contribution in [0.1, 0.15) is 110 Å². The van der Waals surface area contributed by atoms with Crippen LogP contribution < -0.4 is 5.73 Å². The Bertz CT molecular complexity index is 1010. The number of allylic oxidation sites excluding steroid dienone is 4. The van der Waals surface area contributed by atoms with Crippen LogP contribution in [0.4, 0.5) is 0 Å². The van der Waals surface area contributed by atoms with Crippen LogP contribution in [0.15, 0.2) is 75.9 Å². The first-order valence-corrected chi connectivity index (χ1v) is 15.9. The normalized spacial score (nSPS) is 19.1. The monoisotopic (exact) mass is 572 g/mol. The van der Waals surface area contributed by atoms with Crippen LogP contribution in [-0.2, 0) is 11.2 Å². The lowest BCUT2D eigenvalue weighted by molar-refractivity contribution is -0.111. The van der Waals surface area contributed by atoms with Gasteiger partial charge in [-0.25, -0.2) is 0 Å². The number of hydrogen-bond donors (Lipinski definition) is 1. The zero-order chi connectivity index (χ0) is 29.8. The molecule has 0 amide bonds. The summed E-state index contributed by atoms with van der Waals surface area (Å²) >= 11 is 7.39. The van der Waals surface area contributed by atoms with Gasteiger partial charge in [0, 0.05) is 23.7 Å². The van der Waals surface area contributed by atoms with Crippen molar-refractivity contribution in [3.63, 3.8) is 0 Å². The third-order valence-electron chi connectivity index (χ3n) is 7.11. The van der Waals surface area contributed by atoms with E-state index in [1.165, 1.54) is 58.3 Å². The molecule has 0 spiro atoms. The first kappa shape index (κ1) is 37.0. The molecule has 2 rings (SSSR count). The number of carbonyl (C=O) groups is 1. The van der Waals surface area contributed by atoms with E-state index in [1.807, 2.05) is 32.3 Å². The Morgan fingerprint density at radius 1 is 1.13 bits per heavy atom. The number of nitrogens with two attached hydrogens (primary N) is 1. The van der Waals surface area contributed by atoms with E-state index in [4.69, 9.17) is 17.3 Å². The van der Waals surface area contributed by atoms with Crippen molar-refractivity contribution in [3.05, 3.63) is 82.0 Å². The van der Waals surface area contributed by atoms with E-state index < -0.39 is 0 Å². The van der Waals surface area contributed by atoms with Crippen molar-refractivity contribution < 1.29 is 4.79 Å². The number of ketones is 1. The molecule has 2 atom stereocenters. The Labute approximate surface area is 249 Å². The van der Waals surface area contributed by atoms with Crippen LogP contribution in [0.25, 0.3) is 0 Å². The SMILES string of the molecule is C/C=C\N=C(C)C(C)=O.C=C(N)/C(Cl)=C(\C=C/C)SC.CCCCCC1(CCC)Cc2ccccc2[C@H]1CC. The summed E-state index contributed by atoms with van der Waals surface area (Å²) in [6.45, 7) is 17.6. The molecule has 1 aromatic rings. The van der Waals surface area contributed by atoms with Gasteiger partial charge in [-0.2, -0.15) is 0 Å². The predicted molar refractivity (Wildman–Crippen MR) is 178 cm³/mol. The summed E-state index contributed by atoms with van der Waals surface area (Å²) in [5.74, 6) is 0.827. The van der Waals surface area contributed by atoms with Crippen molar-refractivity contribution in [1.82, 2.24) is 0 Å². The third kappa shape index (κ3) is 12.8. The molecule has 1 aliphatic carbocycles. The Kier molecular flexibility index (Phi) is 19.7. The number of rotatable bonds is 12. The molecular weight excluding hydrogens is 520 g/mol. The first-order valence-electron chi connectivity index (χ1n) is 14.3. The highest BCUT2D eigenvalue weighted by molar-refractivity contribution is 8.02. The molecule has 3 nitrogen and oxygen atoms in total. The number of hydrogen-bond acceptors (Lipinski definition) is 4. The molecule has 0 saturated carbocycles. The van der Waals surface area contributed by atoms with Crippen LogP contribution in [0.5, 0.6) is 0 Å². The van der Waals surface area contributed by atoms with E-state index in [1.54, 1.807) is 42.1 Å². The number of aliphatic imine (C=N–C) groups is 1. The maximum Gasteiger partial charge on any atom is 0.173 e. The largest absolute Gasteiger partial charge is 0.398 e. The van der Waals surface area contributed by atoms with Crippen molar-refractivity contribution in [2.24, 2.45) is 16.1 Å². The Morgan fingerprint density at radius 2 is 1.79 bits per heavy atom. The van der Waals surface area contributed by atoms with Gasteiger partial charge in [0.25, 0.3) is 0 Å². The van der Waals surface area contributed by atoms with Gasteiger partial charge >= 0.3 is 0 Å². The standard InChI is InChI=1S/C19H30.C8H12ClNS.C7H11NO/c1-4-7-10-14-19(13-5-2)15-16-11-8-9-12-17(16)18(19)6-3;1-4-5-7(11-3)8(9)6(2)10;1-4-5-8-6(2)7(3)9/h8-9,11-12,18H,4-7,10,13-15H2,1-3H3;4-5H,2,10H2,1,3H3;4-5H,1-3H3/b;5-4-,8-7-;5-4-,8-6?/t18-,19?;;/m1../s1. The molecule has 0 heterocycles. The summed E-state index contributed by atoms with van der Waals surface area (Å²) in [4.78, 5) is 15.3. The van der Waals surface area contributed by atoms with Crippen molar-refractivity contribution in [2.75, 3.05) is 6.26 Å². The van der Waals surface area contributed by atoms with Gasteiger partial charge in [0.05, 0.1) is 10.7 Å². The average molecular weight is 573 g/mol. The summed E-state index contributed by atoms with van der Waals surface area (Å²) < 4.78 is 0. The molecule has 1 aliphatic rings. The minimum absolute atomic E-state index is 0.0214. The zero-order valence-corrected chi connectivity index (χ0v) is 27.4. The number of unbranched alkanes of at least 4 members (excludes halogenated alkanes) is 2. The van der Waals surface area contributed by atoms with Gasteiger partial charge in [-0.05, 0) is 75.2 Å². The molecule has 2 N–H and O–H groups in total. The predicted octanol–water partition coefficient (Wildman–Crippen LogP) is 10.5. The second-order valence-corrected chi connectivity index (χ2v) is 11.3. The summed E-state index contributed by atoms with van der Waals surface area (Å²) in [5.41, 5.74) is 10.2. The number of halogens is 1. The lowest BCUT2D eigenvalue weighted by atomic mass is 9.68. The molecule has 5 heteroatoms. The van der Waals surface area contributed by atoms with Gasteiger partial charge in [-0.1, -0.05) is 107 Å².